The molecule has 0 saturated carbocycles. The fraction of sp³-hybridized carbons (Fsp3) is 0.591. The van der Waals surface area contributed by atoms with Gasteiger partial charge in [0.15, 0.2) is 0 Å². The van der Waals surface area contributed by atoms with Crippen LogP contribution in [0.3, 0.4) is 0 Å². The molecule has 2 heterocycles. The minimum absolute atomic E-state index is 0.180. The van der Waals surface area contributed by atoms with E-state index in [-0.39, 0.29) is 5.92 Å². The van der Waals surface area contributed by atoms with Crippen molar-refractivity contribution in [2.45, 2.75) is 53.0 Å². The van der Waals surface area contributed by atoms with Crippen molar-refractivity contribution < 1.29 is 9.32 Å². The van der Waals surface area contributed by atoms with Crippen LogP contribution in [0.5, 0.6) is 0 Å². The van der Waals surface area contributed by atoms with E-state index in [1.54, 1.807) is 0 Å². The molecule has 2 aromatic rings. The fourth-order valence-electron chi connectivity index (χ4n) is 3.67. The van der Waals surface area contributed by atoms with Crippen LogP contribution in [0.1, 0.15) is 51.0 Å². The van der Waals surface area contributed by atoms with Gasteiger partial charge in [-0.05, 0) is 19.8 Å². The van der Waals surface area contributed by atoms with Crippen molar-refractivity contribution in [1.29, 1.82) is 0 Å². The molecule has 3 rings (SSSR count). The first-order valence-electron chi connectivity index (χ1n) is 10.5. The van der Waals surface area contributed by atoms with Crippen molar-refractivity contribution in [3.63, 3.8) is 0 Å². The number of amides is 1. The lowest BCUT2D eigenvalue weighted by molar-refractivity contribution is -0.137. The smallest absolute Gasteiger partial charge is 0.241 e. The van der Waals surface area contributed by atoms with Gasteiger partial charge in [-0.3, -0.25) is 9.69 Å². The first-order valence-corrected chi connectivity index (χ1v) is 10.5. The van der Waals surface area contributed by atoms with Crippen molar-refractivity contribution in [1.82, 2.24) is 19.9 Å². The summed E-state index contributed by atoms with van der Waals surface area (Å²) in [6.07, 6.45) is 4.22. The van der Waals surface area contributed by atoms with Gasteiger partial charge in [0, 0.05) is 37.7 Å². The second-order valence-corrected chi connectivity index (χ2v) is 7.73. The molecule has 0 radical (unpaired) electrons. The van der Waals surface area contributed by atoms with E-state index in [0.29, 0.717) is 24.2 Å². The minimum atomic E-state index is 0.180. The molecule has 1 fully saturated rings. The maximum Gasteiger partial charge on any atom is 0.241 e. The van der Waals surface area contributed by atoms with E-state index in [1.807, 2.05) is 29.2 Å². The number of aromatic nitrogens is 2. The lowest BCUT2D eigenvalue weighted by Crippen LogP contribution is -2.50. The number of benzene rings is 1. The van der Waals surface area contributed by atoms with Crippen LogP contribution in [0, 0.1) is 12.8 Å². The molecule has 0 spiro atoms. The molecule has 0 bridgehead atoms. The van der Waals surface area contributed by atoms with Crippen molar-refractivity contribution in [3.8, 4) is 11.4 Å². The summed E-state index contributed by atoms with van der Waals surface area (Å²) in [5.74, 6) is 1.77. The van der Waals surface area contributed by atoms with Crippen LogP contribution in [0.25, 0.3) is 11.4 Å². The second-order valence-electron chi connectivity index (χ2n) is 7.73. The predicted octanol–water partition coefficient (Wildman–Crippen LogP) is 3.91. The first kappa shape index (κ1) is 20.5. The molecule has 6 nitrogen and oxygen atoms in total. The molecule has 152 valence electrons. The zero-order valence-electron chi connectivity index (χ0n) is 17.4. The highest BCUT2D eigenvalue weighted by molar-refractivity contribution is 5.78. The quantitative estimate of drug-likeness (QED) is 0.691. The highest BCUT2D eigenvalue weighted by Gasteiger charge is 2.26. The summed E-state index contributed by atoms with van der Waals surface area (Å²) in [6, 6.07) is 8.12. The highest BCUT2D eigenvalue weighted by atomic mass is 16.5. The normalized spacial score (nSPS) is 16.3. The lowest BCUT2D eigenvalue weighted by Gasteiger charge is -2.35. The van der Waals surface area contributed by atoms with Crippen LogP contribution in [0.2, 0.25) is 0 Å². The predicted molar refractivity (Wildman–Crippen MR) is 110 cm³/mol. The third-order valence-corrected chi connectivity index (χ3v) is 5.57. The zero-order valence-corrected chi connectivity index (χ0v) is 17.4. The Kier molecular flexibility index (Phi) is 7.20. The van der Waals surface area contributed by atoms with Crippen LogP contribution in [0.15, 0.2) is 28.8 Å². The van der Waals surface area contributed by atoms with E-state index in [0.717, 1.165) is 57.4 Å². The topological polar surface area (TPSA) is 62.5 Å². The number of piperazine rings is 1. The Balaban J connectivity index is 1.50. The van der Waals surface area contributed by atoms with Gasteiger partial charge in [-0.25, -0.2) is 0 Å². The molecule has 0 N–H and O–H groups in total. The number of carbonyl (C=O) groups is 1. The summed E-state index contributed by atoms with van der Waals surface area (Å²) in [5.41, 5.74) is 2.17. The summed E-state index contributed by atoms with van der Waals surface area (Å²) < 4.78 is 5.44. The molecular formula is C22H32N4O2. The van der Waals surface area contributed by atoms with Gasteiger partial charge in [0.2, 0.25) is 17.6 Å². The summed E-state index contributed by atoms with van der Waals surface area (Å²) in [4.78, 5) is 21.6. The number of rotatable bonds is 8. The third kappa shape index (κ3) is 5.19. The summed E-state index contributed by atoms with van der Waals surface area (Å²) in [5, 5.41) is 4.11. The van der Waals surface area contributed by atoms with Crippen molar-refractivity contribution in [2.24, 2.45) is 5.92 Å². The lowest BCUT2D eigenvalue weighted by atomic mass is 9.97. The van der Waals surface area contributed by atoms with Gasteiger partial charge in [-0.2, -0.15) is 4.98 Å². The summed E-state index contributed by atoms with van der Waals surface area (Å²) in [7, 11) is 0. The molecule has 1 unspecified atom stereocenters. The number of nitrogens with zero attached hydrogens (tertiary/aromatic N) is 4. The Bertz CT molecular complexity index is 748. The summed E-state index contributed by atoms with van der Waals surface area (Å²) in [6.45, 7) is 10.2. The fourth-order valence-corrected chi connectivity index (χ4v) is 3.67. The van der Waals surface area contributed by atoms with E-state index in [4.69, 9.17) is 4.52 Å². The number of carbonyl (C=O) groups excluding carboxylic acids is 1. The monoisotopic (exact) mass is 384 g/mol. The van der Waals surface area contributed by atoms with Gasteiger partial charge in [0.05, 0.1) is 6.54 Å². The molecule has 0 aliphatic carbocycles. The van der Waals surface area contributed by atoms with E-state index in [9.17, 15) is 4.79 Å². The molecule has 1 atom stereocenters. The second kappa shape index (κ2) is 9.82. The average molecular weight is 385 g/mol. The molecule has 1 aliphatic heterocycles. The van der Waals surface area contributed by atoms with Crippen LogP contribution in [-0.4, -0.2) is 52.0 Å². The number of hydrogen-bond donors (Lipinski definition) is 0. The van der Waals surface area contributed by atoms with Crippen LogP contribution in [0.4, 0.5) is 0 Å². The Labute approximate surface area is 167 Å². The molecule has 1 saturated heterocycles. The van der Waals surface area contributed by atoms with Gasteiger partial charge >= 0.3 is 0 Å². The van der Waals surface area contributed by atoms with E-state index >= 15 is 0 Å². The molecule has 6 heteroatoms. The minimum Gasteiger partial charge on any atom is -0.340 e. The zero-order chi connectivity index (χ0) is 19.9. The third-order valence-electron chi connectivity index (χ3n) is 5.57. The molecule has 28 heavy (non-hydrogen) atoms. The van der Waals surface area contributed by atoms with Crippen LogP contribution < -0.4 is 0 Å². The maximum atomic E-state index is 12.8. The van der Waals surface area contributed by atoms with E-state index in [2.05, 4.69) is 35.8 Å². The van der Waals surface area contributed by atoms with Gasteiger partial charge in [0.25, 0.3) is 0 Å². The van der Waals surface area contributed by atoms with Crippen molar-refractivity contribution in [2.75, 3.05) is 26.2 Å². The average Bonchev–Trinajstić information content (AvgIpc) is 3.18. The summed E-state index contributed by atoms with van der Waals surface area (Å²) >= 11 is 0. The van der Waals surface area contributed by atoms with Crippen molar-refractivity contribution in [3.05, 3.63) is 35.7 Å². The highest BCUT2D eigenvalue weighted by Crippen LogP contribution is 2.19. The Hall–Kier alpha value is -2.21. The van der Waals surface area contributed by atoms with Gasteiger partial charge in [0.1, 0.15) is 0 Å². The van der Waals surface area contributed by atoms with E-state index < -0.39 is 0 Å². The molecular weight excluding hydrogens is 352 g/mol. The number of unbranched alkanes of at least 4 members (excludes halogenated alkanes) is 1. The number of hydrogen-bond acceptors (Lipinski definition) is 5. The number of aryl methyl sites for hydroxylation is 1. The van der Waals surface area contributed by atoms with Crippen molar-refractivity contribution >= 4 is 5.91 Å². The Morgan fingerprint density at radius 3 is 2.50 bits per heavy atom. The van der Waals surface area contributed by atoms with E-state index in [1.165, 1.54) is 5.56 Å². The Morgan fingerprint density at radius 2 is 1.86 bits per heavy atom. The maximum absolute atomic E-state index is 12.8. The van der Waals surface area contributed by atoms with Crippen LogP contribution in [-0.2, 0) is 11.3 Å². The molecule has 1 aromatic carbocycles. The van der Waals surface area contributed by atoms with Gasteiger partial charge < -0.3 is 9.42 Å². The largest absolute Gasteiger partial charge is 0.340 e. The standard InChI is InChI=1S/C22H32N4O2/c1-4-6-7-18(5-2)22(27)26-14-12-25(13-15-26)16-20-23-21(24-28-20)19-10-8-17(3)9-11-19/h8-11,18H,4-7,12-16H2,1-3H3. The molecule has 1 aliphatic rings. The molecule has 1 amide bonds. The van der Waals surface area contributed by atoms with Gasteiger partial charge in [-0.15, -0.1) is 0 Å². The molecule has 1 aromatic heterocycles. The Morgan fingerprint density at radius 1 is 1.14 bits per heavy atom. The van der Waals surface area contributed by atoms with Gasteiger partial charge in [-0.1, -0.05) is 61.7 Å². The first-order chi connectivity index (χ1) is 13.6. The SMILES string of the molecule is CCCCC(CC)C(=O)N1CCN(Cc2nc(-c3ccc(C)cc3)no2)CC1. The van der Waals surface area contributed by atoms with Crippen LogP contribution >= 0.6 is 0 Å².